The maximum atomic E-state index is 5.47. The van der Waals surface area contributed by atoms with Crippen LogP contribution in [0.15, 0.2) is 140 Å². The van der Waals surface area contributed by atoms with E-state index in [-0.39, 0.29) is 5.41 Å². The molecule has 0 N–H and O–H groups in total. The van der Waals surface area contributed by atoms with Gasteiger partial charge in [-0.15, -0.1) is 11.3 Å². The number of hydrogen-bond donors (Lipinski definition) is 0. The third-order valence-electron chi connectivity index (χ3n) is 10.0. The van der Waals surface area contributed by atoms with Crippen LogP contribution in [0.1, 0.15) is 25.0 Å². The van der Waals surface area contributed by atoms with E-state index in [0.717, 1.165) is 34.0 Å². The van der Waals surface area contributed by atoms with Crippen LogP contribution in [0.4, 0.5) is 0 Å². The molecule has 0 fully saturated rings. The Morgan fingerprint density at radius 3 is 2.04 bits per heavy atom. The number of thiophene rings is 1. The number of rotatable bonds is 3. The molecule has 0 bridgehead atoms. The van der Waals surface area contributed by atoms with Crippen molar-refractivity contribution in [2.75, 3.05) is 0 Å². The monoisotopic (exact) mass is 619 g/mol. The van der Waals surface area contributed by atoms with Crippen molar-refractivity contribution < 1.29 is 0 Å². The van der Waals surface area contributed by atoms with Crippen molar-refractivity contribution in [2.45, 2.75) is 19.3 Å². The van der Waals surface area contributed by atoms with Gasteiger partial charge in [-0.2, -0.15) is 0 Å². The Bertz CT molecular complexity index is 2710. The first-order chi connectivity index (χ1) is 23.1. The van der Waals surface area contributed by atoms with Crippen molar-refractivity contribution in [1.29, 1.82) is 0 Å². The molecule has 0 amide bonds. The van der Waals surface area contributed by atoms with Gasteiger partial charge in [-0.1, -0.05) is 135 Å². The molecule has 222 valence electrons. The van der Waals surface area contributed by atoms with E-state index < -0.39 is 0 Å². The molecule has 0 aliphatic heterocycles. The van der Waals surface area contributed by atoms with Crippen LogP contribution in [0, 0.1) is 0 Å². The highest BCUT2D eigenvalue weighted by Gasteiger charge is 2.40. The maximum Gasteiger partial charge on any atom is 0.160 e. The predicted molar refractivity (Wildman–Crippen MR) is 198 cm³/mol. The van der Waals surface area contributed by atoms with Crippen molar-refractivity contribution in [3.63, 3.8) is 0 Å². The highest BCUT2D eigenvalue weighted by atomic mass is 32.1. The second kappa shape index (κ2) is 9.71. The molecule has 47 heavy (non-hydrogen) atoms. The van der Waals surface area contributed by atoms with E-state index in [4.69, 9.17) is 9.97 Å². The van der Waals surface area contributed by atoms with Crippen LogP contribution in [0.3, 0.4) is 0 Å². The number of benzene rings is 6. The van der Waals surface area contributed by atoms with E-state index in [1.54, 1.807) is 0 Å². The van der Waals surface area contributed by atoms with Crippen molar-refractivity contribution in [2.24, 2.45) is 0 Å². The van der Waals surface area contributed by atoms with Crippen LogP contribution < -0.4 is 0 Å². The van der Waals surface area contributed by atoms with E-state index in [1.807, 2.05) is 17.4 Å². The van der Waals surface area contributed by atoms with Crippen molar-refractivity contribution in [3.8, 4) is 39.6 Å². The Morgan fingerprint density at radius 2 is 1.19 bits per heavy atom. The molecule has 0 radical (unpaired) electrons. The highest BCUT2D eigenvalue weighted by Crippen LogP contribution is 2.52. The van der Waals surface area contributed by atoms with Crippen LogP contribution >= 0.6 is 11.3 Å². The van der Waals surface area contributed by atoms with Crippen LogP contribution in [-0.4, -0.2) is 14.5 Å². The fourth-order valence-electron chi connectivity index (χ4n) is 7.88. The normalized spacial score (nSPS) is 13.5. The summed E-state index contributed by atoms with van der Waals surface area (Å²) in [5.41, 5.74) is 11.1. The molecular weight excluding hydrogens is 591 g/mol. The lowest BCUT2D eigenvalue weighted by molar-refractivity contribution is 0.658. The van der Waals surface area contributed by atoms with E-state index >= 15 is 0 Å². The van der Waals surface area contributed by atoms with Gasteiger partial charge < -0.3 is 4.57 Å². The molecule has 3 heterocycles. The first-order valence-electron chi connectivity index (χ1n) is 16.1. The summed E-state index contributed by atoms with van der Waals surface area (Å²) in [6.45, 7) is 4.63. The van der Waals surface area contributed by atoms with E-state index in [2.05, 4.69) is 152 Å². The lowest BCUT2D eigenvalue weighted by Gasteiger charge is -2.25. The number of aromatic nitrogens is 3. The molecule has 1 aliphatic rings. The number of fused-ring (bicyclic) bond motifs is 10. The second-order valence-electron chi connectivity index (χ2n) is 13.0. The standard InChI is InChI=1S/C43H29N3S/c1-43(2)33-20-10-6-18-31(33)38-37(43)39(45-42(44-38)26-14-4-3-5-15-26)32-19-8-12-22-35(32)46-34-21-11-7-16-27(34)29-24-25-30-28-17-9-13-23-36(28)47-41(30)40(29)46/h3-25H,1-2H3. The fraction of sp³-hybridized carbons (Fsp3) is 0.0698. The summed E-state index contributed by atoms with van der Waals surface area (Å²) >= 11 is 1.88. The zero-order chi connectivity index (χ0) is 31.3. The lowest BCUT2D eigenvalue weighted by atomic mass is 9.80. The Hall–Kier alpha value is -5.58. The average Bonchev–Trinajstić information content (AvgIpc) is 3.74. The van der Waals surface area contributed by atoms with Gasteiger partial charge in [0.05, 0.1) is 32.8 Å². The van der Waals surface area contributed by atoms with E-state index in [9.17, 15) is 0 Å². The molecule has 9 aromatic rings. The smallest absolute Gasteiger partial charge is 0.160 e. The Labute approximate surface area is 276 Å². The molecule has 3 aromatic heterocycles. The van der Waals surface area contributed by atoms with E-state index in [0.29, 0.717) is 0 Å². The zero-order valence-corrected chi connectivity index (χ0v) is 26.8. The summed E-state index contributed by atoms with van der Waals surface area (Å²) in [6, 6.07) is 50.1. The summed E-state index contributed by atoms with van der Waals surface area (Å²) in [6.07, 6.45) is 0. The van der Waals surface area contributed by atoms with Gasteiger partial charge in [0.1, 0.15) is 0 Å². The average molecular weight is 620 g/mol. The molecule has 1 aliphatic carbocycles. The van der Waals surface area contributed by atoms with Gasteiger partial charge >= 0.3 is 0 Å². The third kappa shape index (κ3) is 3.67. The minimum absolute atomic E-state index is 0.275. The van der Waals surface area contributed by atoms with Gasteiger partial charge in [-0.25, -0.2) is 9.97 Å². The first kappa shape index (κ1) is 26.6. The molecule has 0 saturated carbocycles. The Kier molecular flexibility index (Phi) is 5.50. The van der Waals surface area contributed by atoms with Crippen LogP contribution in [-0.2, 0) is 5.41 Å². The highest BCUT2D eigenvalue weighted by molar-refractivity contribution is 7.26. The lowest BCUT2D eigenvalue weighted by Crippen LogP contribution is -2.18. The summed E-state index contributed by atoms with van der Waals surface area (Å²) < 4.78 is 5.10. The number of para-hydroxylation sites is 2. The minimum Gasteiger partial charge on any atom is -0.307 e. The van der Waals surface area contributed by atoms with Crippen molar-refractivity contribution in [3.05, 3.63) is 151 Å². The van der Waals surface area contributed by atoms with Crippen molar-refractivity contribution >= 4 is 53.3 Å². The second-order valence-corrected chi connectivity index (χ2v) is 14.0. The third-order valence-corrected chi connectivity index (χ3v) is 11.2. The van der Waals surface area contributed by atoms with Crippen LogP contribution in [0.5, 0.6) is 0 Å². The summed E-state index contributed by atoms with van der Waals surface area (Å²) in [5, 5.41) is 5.12. The topological polar surface area (TPSA) is 30.7 Å². The van der Waals surface area contributed by atoms with Gasteiger partial charge in [-0.3, -0.25) is 0 Å². The van der Waals surface area contributed by atoms with Crippen molar-refractivity contribution in [1.82, 2.24) is 14.5 Å². The van der Waals surface area contributed by atoms with E-state index in [1.165, 1.54) is 58.7 Å². The van der Waals surface area contributed by atoms with Crippen LogP contribution in [0.25, 0.3) is 81.6 Å². The molecule has 0 atom stereocenters. The molecule has 0 unspecified atom stereocenters. The molecular formula is C43H29N3S. The molecule has 0 spiro atoms. The first-order valence-corrected chi connectivity index (χ1v) is 16.9. The summed E-state index contributed by atoms with van der Waals surface area (Å²) in [4.78, 5) is 10.8. The van der Waals surface area contributed by atoms with Gasteiger partial charge in [0, 0.05) is 53.9 Å². The quantitative estimate of drug-likeness (QED) is 0.197. The number of hydrogen-bond acceptors (Lipinski definition) is 3. The molecule has 3 nitrogen and oxygen atoms in total. The maximum absolute atomic E-state index is 5.47. The molecule has 0 saturated heterocycles. The SMILES string of the molecule is CC1(C)c2ccccc2-c2nc(-c3ccccc3)nc(-c3ccccc3-n3c4ccccc4c4ccc5c6ccccc6sc5c43)c21. The van der Waals surface area contributed by atoms with Crippen LogP contribution in [0.2, 0.25) is 0 Å². The summed E-state index contributed by atoms with van der Waals surface area (Å²) in [5.74, 6) is 0.746. The molecule has 4 heteroatoms. The van der Waals surface area contributed by atoms with Gasteiger partial charge in [0.25, 0.3) is 0 Å². The minimum atomic E-state index is -0.275. The molecule has 10 rings (SSSR count). The Morgan fingerprint density at radius 1 is 0.553 bits per heavy atom. The van der Waals surface area contributed by atoms with Gasteiger partial charge in [0.2, 0.25) is 0 Å². The largest absolute Gasteiger partial charge is 0.307 e. The van der Waals surface area contributed by atoms with Gasteiger partial charge in [0.15, 0.2) is 5.82 Å². The van der Waals surface area contributed by atoms with Gasteiger partial charge in [-0.05, 0) is 23.8 Å². The zero-order valence-electron chi connectivity index (χ0n) is 26.0. The summed E-state index contributed by atoms with van der Waals surface area (Å²) in [7, 11) is 0. The predicted octanol–water partition coefficient (Wildman–Crippen LogP) is 11.6. The fourth-order valence-corrected chi connectivity index (χ4v) is 9.12. The number of nitrogens with zero attached hydrogens (tertiary/aromatic N) is 3. The molecule has 6 aromatic carbocycles. The Balaban J connectivity index is 1.35.